The third-order valence-corrected chi connectivity index (χ3v) is 4.69. The van der Waals surface area contributed by atoms with Gasteiger partial charge in [0.25, 0.3) is 0 Å². The Labute approximate surface area is 108 Å². The minimum atomic E-state index is -2.94. The number of hydrogen-bond acceptors (Lipinski definition) is 6. The largest absolute Gasteiger partial charge is 0.469 e. The van der Waals surface area contributed by atoms with E-state index in [9.17, 15) is 13.2 Å². The molecule has 0 aliphatic carbocycles. The van der Waals surface area contributed by atoms with E-state index in [0.29, 0.717) is 26.2 Å². The van der Waals surface area contributed by atoms with E-state index >= 15 is 0 Å². The average molecular weight is 279 g/mol. The van der Waals surface area contributed by atoms with Crippen LogP contribution in [0.1, 0.15) is 13.3 Å². The van der Waals surface area contributed by atoms with Gasteiger partial charge in [-0.15, -0.1) is 0 Å². The Hall–Kier alpha value is -0.660. The number of carbonyl (C=O) groups is 1. The number of rotatable bonds is 6. The van der Waals surface area contributed by atoms with E-state index in [2.05, 4.69) is 4.74 Å². The zero-order valence-corrected chi connectivity index (χ0v) is 11.7. The van der Waals surface area contributed by atoms with E-state index in [0.717, 1.165) is 0 Å². The van der Waals surface area contributed by atoms with Crippen molar-refractivity contribution in [3.63, 3.8) is 0 Å². The highest BCUT2D eigenvalue weighted by atomic mass is 32.2. The summed E-state index contributed by atoms with van der Waals surface area (Å²) in [7, 11) is -1.59. The molecule has 1 saturated heterocycles. The van der Waals surface area contributed by atoms with Crippen LogP contribution in [0, 0.1) is 0 Å². The Balaban J connectivity index is 2.37. The lowest BCUT2D eigenvalue weighted by Crippen LogP contribution is -2.45. The maximum atomic E-state index is 11.4. The Morgan fingerprint density at radius 3 is 2.83 bits per heavy atom. The number of morpholine rings is 1. The molecule has 0 radical (unpaired) electrons. The minimum absolute atomic E-state index is 0.161. The lowest BCUT2D eigenvalue weighted by molar-refractivity contribution is -0.145. The van der Waals surface area contributed by atoms with Crippen molar-refractivity contribution in [1.82, 2.24) is 4.90 Å². The van der Waals surface area contributed by atoms with Crippen LogP contribution in [0.3, 0.4) is 0 Å². The molecule has 0 spiro atoms. The summed E-state index contributed by atoms with van der Waals surface area (Å²) in [4.78, 5) is 13.2. The first-order valence-corrected chi connectivity index (χ1v) is 7.90. The maximum absolute atomic E-state index is 11.4. The first-order valence-electron chi connectivity index (χ1n) is 6.08. The van der Waals surface area contributed by atoms with E-state index in [4.69, 9.17) is 4.74 Å². The molecule has 0 bridgehead atoms. The van der Waals surface area contributed by atoms with E-state index in [1.54, 1.807) is 6.92 Å². The summed E-state index contributed by atoms with van der Waals surface area (Å²) in [5.74, 6) is 0.0280. The quantitative estimate of drug-likeness (QED) is 0.621. The second-order valence-corrected chi connectivity index (χ2v) is 6.78. The molecule has 18 heavy (non-hydrogen) atoms. The van der Waals surface area contributed by atoms with Crippen molar-refractivity contribution in [2.75, 3.05) is 44.9 Å². The van der Waals surface area contributed by atoms with Gasteiger partial charge in [0, 0.05) is 25.4 Å². The SMILES string of the molecule is CCS(=O)(=O)CCN1CCOC(CC(=O)OC)C1. The summed E-state index contributed by atoms with van der Waals surface area (Å²) in [6, 6.07) is 0. The van der Waals surface area contributed by atoms with Gasteiger partial charge in [-0.3, -0.25) is 9.69 Å². The van der Waals surface area contributed by atoms with Crippen LogP contribution in [0.5, 0.6) is 0 Å². The van der Waals surface area contributed by atoms with Crippen LogP contribution in [0.4, 0.5) is 0 Å². The Kier molecular flexibility index (Phi) is 6.04. The average Bonchev–Trinajstić information content (AvgIpc) is 2.37. The van der Waals surface area contributed by atoms with Crippen LogP contribution in [-0.4, -0.2) is 70.2 Å². The fourth-order valence-electron chi connectivity index (χ4n) is 1.79. The fourth-order valence-corrected chi connectivity index (χ4v) is 2.61. The first-order chi connectivity index (χ1) is 8.46. The number of sulfone groups is 1. The molecule has 6 nitrogen and oxygen atoms in total. The van der Waals surface area contributed by atoms with Crippen LogP contribution in [0.2, 0.25) is 0 Å². The van der Waals surface area contributed by atoms with Gasteiger partial charge in [0.05, 0.1) is 32.0 Å². The number of methoxy groups -OCH3 is 1. The molecule has 1 unspecified atom stereocenters. The van der Waals surface area contributed by atoms with Crippen molar-refractivity contribution in [1.29, 1.82) is 0 Å². The van der Waals surface area contributed by atoms with E-state index in [1.165, 1.54) is 7.11 Å². The normalized spacial score (nSPS) is 21.8. The predicted octanol–water partition coefficient (Wildman–Crippen LogP) is -0.315. The molecule has 0 aromatic rings. The standard InChI is InChI=1S/C11H21NO5S/c1-3-18(14,15)7-5-12-4-6-17-10(9-12)8-11(13)16-2/h10H,3-9H2,1-2H3. The van der Waals surface area contributed by atoms with Crippen molar-refractivity contribution >= 4 is 15.8 Å². The lowest BCUT2D eigenvalue weighted by atomic mass is 10.2. The fraction of sp³-hybridized carbons (Fsp3) is 0.909. The highest BCUT2D eigenvalue weighted by Gasteiger charge is 2.23. The Morgan fingerprint density at radius 1 is 1.50 bits per heavy atom. The van der Waals surface area contributed by atoms with Gasteiger partial charge < -0.3 is 9.47 Å². The Bertz CT molecular complexity index is 368. The predicted molar refractivity (Wildman–Crippen MR) is 67.1 cm³/mol. The molecule has 1 heterocycles. The molecular formula is C11H21NO5S. The van der Waals surface area contributed by atoms with Crippen LogP contribution in [-0.2, 0) is 24.1 Å². The van der Waals surface area contributed by atoms with Crippen LogP contribution < -0.4 is 0 Å². The van der Waals surface area contributed by atoms with Crippen molar-refractivity contribution in [3.05, 3.63) is 0 Å². The molecule has 1 rings (SSSR count). The van der Waals surface area contributed by atoms with Gasteiger partial charge in [0.2, 0.25) is 0 Å². The van der Waals surface area contributed by atoms with Crippen LogP contribution >= 0.6 is 0 Å². The van der Waals surface area contributed by atoms with Crippen molar-refractivity contribution in [3.8, 4) is 0 Å². The van der Waals surface area contributed by atoms with Gasteiger partial charge in [0.1, 0.15) is 0 Å². The minimum Gasteiger partial charge on any atom is -0.469 e. The molecule has 1 aliphatic heterocycles. The Morgan fingerprint density at radius 2 is 2.22 bits per heavy atom. The monoisotopic (exact) mass is 279 g/mol. The second kappa shape index (κ2) is 7.06. The van der Waals surface area contributed by atoms with E-state index in [1.807, 2.05) is 4.90 Å². The number of esters is 1. The van der Waals surface area contributed by atoms with Crippen LogP contribution in [0.25, 0.3) is 0 Å². The molecule has 1 aliphatic rings. The highest BCUT2D eigenvalue weighted by Crippen LogP contribution is 2.09. The molecule has 0 aromatic carbocycles. The maximum Gasteiger partial charge on any atom is 0.308 e. The van der Waals surface area contributed by atoms with E-state index in [-0.39, 0.29) is 30.0 Å². The zero-order chi connectivity index (χ0) is 13.6. The van der Waals surface area contributed by atoms with Crippen molar-refractivity contribution < 1.29 is 22.7 Å². The summed E-state index contributed by atoms with van der Waals surface area (Å²) in [6.07, 6.45) is 0.0172. The lowest BCUT2D eigenvalue weighted by Gasteiger charge is -2.32. The number of nitrogens with zero attached hydrogens (tertiary/aromatic N) is 1. The van der Waals surface area contributed by atoms with Crippen LogP contribution in [0.15, 0.2) is 0 Å². The molecular weight excluding hydrogens is 258 g/mol. The van der Waals surface area contributed by atoms with E-state index < -0.39 is 9.84 Å². The highest BCUT2D eigenvalue weighted by molar-refractivity contribution is 7.91. The van der Waals surface area contributed by atoms with Gasteiger partial charge in [-0.1, -0.05) is 6.92 Å². The van der Waals surface area contributed by atoms with Gasteiger partial charge in [-0.25, -0.2) is 8.42 Å². The number of hydrogen-bond donors (Lipinski definition) is 0. The zero-order valence-electron chi connectivity index (χ0n) is 10.9. The summed E-state index contributed by atoms with van der Waals surface area (Å²) in [6.45, 7) is 3.95. The summed E-state index contributed by atoms with van der Waals surface area (Å²) in [5, 5.41) is 0. The molecule has 7 heteroatoms. The summed E-state index contributed by atoms with van der Waals surface area (Å²) < 4.78 is 32.9. The summed E-state index contributed by atoms with van der Waals surface area (Å²) in [5.41, 5.74) is 0. The van der Waals surface area contributed by atoms with Gasteiger partial charge in [-0.2, -0.15) is 0 Å². The molecule has 0 saturated carbocycles. The van der Waals surface area contributed by atoms with Gasteiger partial charge >= 0.3 is 5.97 Å². The van der Waals surface area contributed by atoms with Gasteiger partial charge in [0.15, 0.2) is 9.84 Å². The molecule has 0 amide bonds. The first kappa shape index (κ1) is 15.4. The number of carbonyl (C=O) groups excluding carboxylic acids is 1. The molecule has 106 valence electrons. The molecule has 0 N–H and O–H groups in total. The smallest absolute Gasteiger partial charge is 0.308 e. The second-order valence-electron chi connectivity index (χ2n) is 4.31. The summed E-state index contributed by atoms with van der Waals surface area (Å²) >= 11 is 0. The molecule has 1 atom stereocenters. The molecule has 0 aromatic heterocycles. The van der Waals surface area contributed by atoms with Crippen molar-refractivity contribution in [2.45, 2.75) is 19.4 Å². The topological polar surface area (TPSA) is 72.9 Å². The third kappa shape index (κ3) is 5.32. The van der Waals surface area contributed by atoms with Gasteiger partial charge in [-0.05, 0) is 0 Å². The molecule has 1 fully saturated rings. The van der Waals surface area contributed by atoms with Crippen molar-refractivity contribution in [2.24, 2.45) is 0 Å². The number of ether oxygens (including phenoxy) is 2. The third-order valence-electron chi connectivity index (χ3n) is 3.00.